The van der Waals surface area contributed by atoms with Gasteiger partial charge in [-0.05, 0) is 37.3 Å². The van der Waals surface area contributed by atoms with Gasteiger partial charge in [0.05, 0.1) is 18.3 Å². The number of rotatable bonds is 1. The second kappa shape index (κ2) is 5.56. The Kier molecular flexibility index (Phi) is 3.31. The van der Waals surface area contributed by atoms with Crippen molar-refractivity contribution in [3.05, 3.63) is 29.1 Å². The molecular weight excluding hydrogens is 318 g/mol. The number of aliphatic hydroxyl groups is 1. The van der Waals surface area contributed by atoms with E-state index in [1.807, 2.05) is 10.9 Å². The highest BCUT2D eigenvalue weighted by molar-refractivity contribution is 5.97. The predicted molar refractivity (Wildman–Crippen MR) is 92.7 cm³/mol. The zero-order valence-electron chi connectivity index (χ0n) is 14.0. The largest absolute Gasteiger partial charge is 0.393 e. The number of carbonyl (C=O) groups excluding carboxylic acids is 1. The van der Waals surface area contributed by atoms with E-state index < -0.39 is 0 Å². The molecule has 0 saturated carbocycles. The number of nitrogens with zero attached hydrogens (tertiary/aromatic N) is 4. The number of hydrogen-bond donors (Lipinski definition) is 2. The van der Waals surface area contributed by atoms with Crippen molar-refractivity contribution < 1.29 is 9.90 Å². The van der Waals surface area contributed by atoms with Gasteiger partial charge in [0.2, 0.25) is 0 Å². The minimum absolute atomic E-state index is 0.0113. The summed E-state index contributed by atoms with van der Waals surface area (Å²) in [5.41, 5.74) is 5.03. The second-order valence-electron chi connectivity index (χ2n) is 7.07. The van der Waals surface area contributed by atoms with Gasteiger partial charge in [0, 0.05) is 37.0 Å². The lowest BCUT2D eigenvalue weighted by atomic mass is 9.89. The molecule has 1 fully saturated rings. The average Bonchev–Trinajstić information content (AvgIpc) is 3.02. The molecule has 0 unspecified atom stereocenters. The van der Waals surface area contributed by atoms with Crippen LogP contribution < -0.4 is 10.2 Å². The molecule has 0 atom stereocenters. The maximum atomic E-state index is 12.3. The van der Waals surface area contributed by atoms with Crippen LogP contribution in [-0.4, -0.2) is 51.5 Å². The fraction of sp³-hybridized carbons (Fsp3) is 0.500. The van der Waals surface area contributed by atoms with Crippen molar-refractivity contribution in [2.45, 2.75) is 38.3 Å². The van der Waals surface area contributed by atoms with Crippen molar-refractivity contribution in [3.63, 3.8) is 0 Å². The molecule has 0 aromatic carbocycles. The average molecular weight is 339 g/mol. The van der Waals surface area contributed by atoms with Crippen LogP contribution in [0.4, 0.5) is 5.82 Å². The summed E-state index contributed by atoms with van der Waals surface area (Å²) in [4.78, 5) is 19.1. The van der Waals surface area contributed by atoms with Crippen LogP contribution in [0.1, 0.15) is 34.5 Å². The molecule has 0 spiro atoms. The Morgan fingerprint density at radius 3 is 2.88 bits per heavy atom. The first-order valence-corrected chi connectivity index (χ1v) is 9.01. The predicted octanol–water partition coefficient (Wildman–Crippen LogP) is 0.748. The molecule has 0 bridgehead atoms. The molecule has 7 nitrogen and oxygen atoms in total. The number of hydrogen-bond acceptors (Lipinski definition) is 5. The summed E-state index contributed by atoms with van der Waals surface area (Å²) in [5.74, 6) is 0.927. The van der Waals surface area contributed by atoms with Crippen LogP contribution in [0, 0.1) is 0 Å². The van der Waals surface area contributed by atoms with Crippen LogP contribution in [0.15, 0.2) is 12.3 Å². The Balaban J connectivity index is 1.56. The van der Waals surface area contributed by atoms with Crippen LogP contribution in [0.25, 0.3) is 11.3 Å². The lowest BCUT2D eigenvalue weighted by Gasteiger charge is -2.31. The third-order valence-electron chi connectivity index (χ3n) is 5.53. The number of pyridine rings is 1. The third kappa shape index (κ3) is 2.33. The van der Waals surface area contributed by atoms with E-state index >= 15 is 0 Å². The standard InChI is InChI=1S/C18H21N5O2/c24-12-3-6-22(7-4-12)15-9-14-11(10-20-15)1-2-13-16(14)21-23-8-5-19-18(25)17(13)23/h9-10,12,24H,1-8H2,(H,19,25). The van der Waals surface area contributed by atoms with E-state index in [1.54, 1.807) is 0 Å². The summed E-state index contributed by atoms with van der Waals surface area (Å²) in [7, 11) is 0. The van der Waals surface area contributed by atoms with Crippen molar-refractivity contribution in [2.75, 3.05) is 24.5 Å². The molecule has 2 aromatic rings. The van der Waals surface area contributed by atoms with E-state index in [0.29, 0.717) is 6.54 Å². The van der Waals surface area contributed by atoms with Crippen LogP contribution in [0.2, 0.25) is 0 Å². The normalized spacial score (nSPS) is 19.9. The number of aliphatic hydroxyl groups excluding tert-OH is 1. The van der Waals surface area contributed by atoms with Crippen molar-refractivity contribution in [1.29, 1.82) is 0 Å². The maximum Gasteiger partial charge on any atom is 0.269 e. The Hall–Kier alpha value is -2.41. The van der Waals surface area contributed by atoms with Crippen LogP contribution in [0.5, 0.6) is 0 Å². The van der Waals surface area contributed by atoms with Crippen molar-refractivity contribution in [3.8, 4) is 11.3 Å². The van der Waals surface area contributed by atoms with Crippen molar-refractivity contribution in [2.24, 2.45) is 0 Å². The fourth-order valence-corrected chi connectivity index (χ4v) is 4.15. The minimum atomic E-state index is -0.196. The molecule has 25 heavy (non-hydrogen) atoms. The Morgan fingerprint density at radius 1 is 1.20 bits per heavy atom. The molecule has 1 aliphatic carbocycles. The number of fused-ring (bicyclic) bond motifs is 5. The number of anilines is 1. The summed E-state index contributed by atoms with van der Waals surface area (Å²) in [6, 6.07) is 2.11. The smallest absolute Gasteiger partial charge is 0.269 e. The highest BCUT2D eigenvalue weighted by Crippen LogP contribution is 2.36. The summed E-state index contributed by atoms with van der Waals surface area (Å²) < 4.78 is 1.86. The monoisotopic (exact) mass is 339 g/mol. The molecule has 7 heteroatoms. The first kappa shape index (κ1) is 14.9. The van der Waals surface area contributed by atoms with Gasteiger partial charge in [-0.2, -0.15) is 5.10 Å². The van der Waals surface area contributed by atoms with Crippen LogP contribution >= 0.6 is 0 Å². The van der Waals surface area contributed by atoms with E-state index in [-0.39, 0.29) is 12.0 Å². The molecule has 3 aliphatic rings. The number of aromatic nitrogens is 3. The van der Waals surface area contributed by atoms with Gasteiger partial charge < -0.3 is 15.3 Å². The van der Waals surface area contributed by atoms with Crippen molar-refractivity contribution >= 4 is 11.7 Å². The highest BCUT2D eigenvalue weighted by atomic mass is 16.3. The number of carbonyl (C=O) groups is 1. The lowest BCUT2D eigenvalue weighted by molar-refractivity contribution is 0.0923. The van der Waals surface area contributed by atoms with E-state index in [1.165, 1.54) is 5.56 Å². The third-order valence-corrected chi connectivity index (χ3v) is 5.53. The van der Waals surface area contributed by atoms with Gasteiger partial charge in [-0.25, -0.2) is 4.98 Å². The SMILES string of the molecule is O=C1NCCn2nc3c(c21)CCc1cnc(N2CCC(O)CC2)cc1-3. The summed E-state index contributed by atoms with van der Waals surface area (Å²) >= 11 is 0. The van der Waals surface area contributed by atoms with Gasteiger partial charge in [-0.3, -0.25) is 9.48 Å². The number of piperidine rings is 1. The maximum absolute atomic E-state index is 12.3. The van der Waals surface area contributed by atoms with E-state index in [2.05, 4.69) is 21.3 Å². The number of nitrogens with one attached hydrogen (secondary N) is 1. The molecule has 130 valence electrons. The van der Waals surface area contributed by atoms with Gasteiger partial charge in [-0.15, -0.1) is 0 Å². The zero-order valence-corrected chi connectivity index (χ0v) is 14.0. The summed E-state index contributed by atoms with van der Waals surface area (Å²) in [6.07, 6.45) is 5.05. The quantitative estimate of drug-likeness (QED) is 0.801. The highest BCUT2D eigenvalue weighted by Gasteiger charge is 2.31. The molecule has 0 radical (unpaired) electrons. The first-order valence-electron chi connectivity index (χ1n) is 9.01. The number of aryl methyl sites for hydroxylation is 1. The van der Waals surface area contributed by atoms with Crippen LogP contribution in [0.3, 0.4) is 0 Å². The topological polar surface area (TPSA) is 83.3 Å². The molecule has 5 rings (SSSR count). The molecule has 1 amide bonds. The van der Waals surface area contributed by atoms with Gasteiger partial charge >= 0.3 is 0 Å². The molecular formula is C18H21N5O2. The zero-order chi connectivity index (χ0) is 17.0. The Morgan fingerprint density at radius 2 is 2.04 bits per heavy atom. The second-order valence-corrected chi connectivity index (χ2v) is 7.07. The number of amides is 1. The lowest BCUT2D eigenvalue weighted by Crippen LogP contribution is -2.36. The summed E-state index contributed by atoms with van der Waals surface area (Å²) in [5, 5.41) is 17.4. The Bertz CT molecular complexity index is 851. The van der Waals surface area contributed by atoms with Crippen molar-refractivity contribution in [1.82, 2.24) is 20.1 Å². The Labute approximate surface area is 145 Å². The van der Waals surface area contributed by atoms with E-state index in [9.17, 15) is 9.90 Å². The van der Waals surface area contributed by atoms with E-state index in [4.69, 9.17) is 5.10 Å². The van der Waals surface area contributed by atoms with E-state index in [0.717, 1.165) is 73.7 Å². The molecule has 2 aromatic heterocycles. The fourth-order valence-electron chi connectivity index (χ4n) is 4.15. The minimum Gasteiger partial charge on any atom is -0.393 e. The summed E-state index contributed by atoms with van der Waals surface area (Å²) in [6.45, 7) is 3.01. The molecule has 1 saturated heterocycles. The molecule has 4 heterocycles. The van der Waals surface area contributed by atoms with Gasteiger partial charge in [0.15, 0.2) is 0 Å². The van der Waals surface area contributed by atoms with Crippen LogP contribution in [-0.2, 0) is 19.4 Å². The van der Waals surface area contributed by atoms with Gasteiger partial charge in [0.1, 0.15) is 11.5 Å². The van der Waals surface area contributed by atoms with Gasteiger partial charge in [0.25, 0.3) is 5.91 Å². The first-order chi connectivity index (χ1) is 12.2. The van der Waals surface area contributed by atoms with Gasteiger partial charge in [-0.1, -0.05) is 0 Å². The molecule has 2 aliphatic heterocycles. The molecule has 2 N–H and O–H groups in total.